The molecule has 3 heterocycles. The van der Waals surface area contributed by atoms with Crippen molar-refractivity contribution in [2.75, 3.05) is 18.9 Å². The standard InChI is InChI=1S/C22H24FN7O4S2/c1-5-15-12-35-21(26-15)20-27-28-22(30(20)19-16(33-3)7-6-8-17(19)34-4)29-36(31,32)13(2)9-18-24-10-14(23)11-25-18/h6-8,10-13H,5,9H2,1-4H3,(H,28,29)/t13-/m0/s1. The van der Waals surface area contributed by atoms with Crippen molar-refractivity contribution < 1.29 is 22.3 Å². The van der Waals surface area contributed by atoms with Crippen LogP contribution in [0.4, 0.5) is 10.3 Å². The minimum atomic E-state index is -4.01. The monoisotopic (exact) mass is 533 g/mol. The maximum absolute atomic E-state index is 13.3. The van der Waals surface area contributed by atoms with E-state index in [1.165, 1.54) is 37.0 Å². The van der Waals surface area contributed by atoms with E-state index in [4.69, 9.17) is 9.47 Å². The van der Waals surface area contributed by atoms with Gasteiger partial charge in [0.25, 0.3) is 0 Å². The smallest absolute Gasteiger partial charge is 0.243 e. The highest BCUT2D eigenvalue weighted by molar-refractivity contribution is 7.93. The van der Waals surface area contributed by atoms with E-state index in [1.54, 1.807) is 18.2 Å². The topological polar surface area (TPSA) is 134 Å². The van der Waals surface area contributed by atoms with Crippen LogP contribution in [0.2, 0.25) is 0 Å². The zero-order chi connectivity index (χ0) is 25.9. The third-order valence-electron chi connectivity index (χ3n) is 5.30. The molecule has 0 aliphatic rings. The molecule has 0 aliphatic heterocycles. The van der Waals surface area contributed by atoms with Crippen molar-refractivity contribution in [3.8, 4) is 28.0 Å². The molecule has 0 fully saturated rings. The van der Waals surface area contributed by atoms with E-state index in [9.17, 15) is 12.8 Å². The van der Waals surface area contributed by atoms with Crippen LogP contribution in [0.3, 0.4) is 0 Å². The first-order valence-electron chi connectivity index (χ1n) is 10.9. The Bertz CT molecular complexity index is 1430. The minimum absolute atomic E-state index is 0.0407. The SMILES string of the molecule is CCc1csc(-c2nnc(NS(=O)(=O)[C@@H](C)Cc3ncc(F)cn3)n2-c2c(OC)cccc2OC)n1. The molecule has 11 nitrogen and oxygen atoms in total. The van der Waals surface area contributed by atoms with Crippen LogP contribution >= 0.6 is 11.3 Å². The molecule has 1 aromatic carbocycles. The number of ether oxygens (including phenoxy) is 2. The molecule has 36 heavy (non-hydrogen) atoms. The highest BCUT2D eigenvalue weighted by Crippen LogP contribution is 2.38. The van der Waals surface area contributed by atoms with Crippen LogP contribution in [-0.4, -0.2) is 57.6 Å². The number of hydrogen-bond donors (Lipinski definition) is 1. The third-order valence-corrected chi connectivity index (χ3v) is 7.88. The van der Waals surface area contributed by atoms with Crippen LogP contribution in [0.5, 0.6) is 11.5 Å². The van der Waals surface area contributed by atoms with Crippen LogP contribution in [0.1, 0.15) is 25.4 Å². The molecule has 4 aromatic rings. The number of methoxy groups -OCH3 is 2. The van der Waals surface area contributed by atoms with Gasteiger partial charge in [0, 0.05) is 11.8 Å². The van der Waals surface area contributed by atoms with E-state index in [-0.39, 0.29) is 18.2 Å². The fourth-order valence-corrected chi connectivity index (χ4v) is 5.19. The summed E-state index contributed by atoms with van der Waals surface area (Å²) in [5.74, 6) is 0.652. The van der Waals surface area contributed by atoms with Crippen molar-refractivity contribution in [2.24, 2.45) is 0 Å². The molecule has 0 aliphatic carbocycles. The molecule has 0 amide bonds. The summed E-state index contributed by atoms with van der Waals surface area (Å²) < 4.78 is 54.8. The largest absolute Gasteiger partial charge is 0.494 e. The number of para-hydroxylation sites is 1. The molecular weight excluding hydrogens is 509 g/mol. The van der Waals surface area contributed by atoms with Crippen LogP contribution in [0.15, 0.2) is 36.0 Å². The van der Waals surface area contributed by atoms with Gasteiger partial charge in [0.1, 0.15) is 23.0 Å². The van der Waals surface area contributed by atoms with Gasteiger partial charge in [0.2, 0.25) is 16.0 Å². The average molecular weight is 534 g/mol. The van der Waals surface area contributed by atoms with Crippen molar-refractivity contribution in [1.29, 1.82) is 0 Å². The maximum Gasteiger partial charge on any atom is 0.243 e. The minimum Gasteiger partial charge on any atom is -0.494 e. The van der Waals surface area contributed by atoms with Crippen LogP contribution in [0, 0.1) is 5.82 Å². The molecule has 1 N–H and O–H groups in total. The number of hydrogen-bond acceptors (Lipinski definition) is 10. The number of thiazole rings is 1. The fourth-order valence-electron chi connectivity index (χ4n) is 3.36. The summed E-state index contributed by atoms with van der Waals surface area (Å²) in [6.45, 7) is 3.48. The van der Waals surface area contributed by atoms with Crippen molar-refractivity contribution in [3.05, 3.63) is 53.3 Å². The van der Waals surface area contributed by atoms with Crippen molar-refractivity contribution in [1.82, 2.24) is 29.7 Å². The Kier molecular flexibility index (Phi) is 7.45. The van der Waals surface area contributed by atoms with E-state index in [0.717, 1.165) is 24.5 Å². The molecule has 0 bridgehead atoms. The third kappa shape index (κ3) is 5.14. The molecule has 0 saturated carbocycles. The zero-order valence-electron chi connectivity index (χ0n) is 20.0. The zero-order valence-corrected chi connectivity index (χ0v) is 21.6. The van der Waals surface area contributed by atoms with Gasteiger partial charge in [0.05, 0.1) is 37.6 Å². The number of nitrogens with one attached hydrogen (secondary N) is 1. The van der Waals surface area contributed by atoms with Crippen LogP contribution < -0.4 is 14.2 Å². The molecular formula is C22H24FN7O4S2. The molecule has 0 saturated heterocycles. The maximum atomic E-state index is 13.3. The molecule has 3 aromatic heterocycles. The molecule has 0 spiro atoms. The quantitative estimate of drug-likeness (QED) is 0.326. The number of anilines is 1. The molecule has 14 heteroatoms. The number of nitrogens with zero attached hydrogens (tertiary/aromatic N) is 6. The summed E-state index contributed by atoms with van der Waals surface area (Å²) >= 11 is 1.36. The van der Waals surface area contributed by atoms with E-state index in [1.807, 2.05) is 12.3 Å². The van der Waals surface area contributed by atoms with Gasteiger partial charge in [-0.1, -0.05) is 13.0 Å². The number of aryl methyl sites for hydroxylation is 1. The van der Waals surface area contributed by atoms with E-state index in [2.05, 4.69) is 29.9 Å². The summed E-state index contributed by atoms with van der Waals surface area (Å²) in [7, 11) is -1.01. The van der Waals surface area contributed by atoms with Gasteiger partial charge in [-0.25, -0.2) is 27.8 Å². The Morgan fingerprint density at radius 3 is 2.39 bits per heavy atom. The van der Waals surface area contributed by atoms with Crippen molar-refractivity contribution >= 4 is 27.3 Å². The van der Waals surface area contributed by atoms with Crippen LogP contribution in [-0.2, 0) is 22.9 Å². The summed E-state index contributed by atoms with van der Waals surface area (Å²) in [5.41, 5.74) is 1.27. The van der Waals surface area contributed by atoms with Gasteiger partial charge in [-0.2, -0.15) is 0 Å². The molecule has 190 valence electrons. The van der Waals surface area contributed by atoms with Gasteiger partial charge >= 0.3 is 0 Å². The summed E-state index contributed by atoms with van der Waals surface area (Å²) in [6, 6.07) is 5.18. The van der Waals surface area contributed by atoms with Gasteiger partial charge in [0.15, 0.2) is 16.6 Å². The van der Waals surface area contributed by atoms with E-state index >= 15 is 0 Å². The second-order valence-corrected chi connectivity index (χ2v) is 10.6. The fraction of sp³-hybridized carbons (Fsp3) is 0.318. The molecule has 4 rings (SSSR count). The number of halogens is 1. The highest BCUT2D eigenvalue weighted by Gasteiger charge is 2.29. The Labute approximate surface area is 211 Å². The second-order valence-electron chi connectivity index (χ2n) is 7.67. The lowest BCUT2D eigenvalue weighted by atomic mass is 10.2. The number of aromatic nitrogens is 6. The average Bonchev–Trinajstić information content (AvgIpc) is 3.51. The van der Waals surface area contributed by atoms with Gasteiger partial charge in [-0.15, -0.1) is 21.5 Å². The Balaban J connectivity index is 1.79. The molecule has 0 radical (unpaired) electrons. The van der Waals surface area contributed by atoms with Gasteiger partial charge in [-0.05, 0) is 25.5 Å². The molecule has 1 atom stereocenters. The van der Waals surface area contributed by atoms with E-state index < -0.39 is 21.1 Å². The summed E-state index contributed by atoms with van der Waals surface area (Å²) in [6.07, 6.45) is 2.67. The lowest BCUT2D eigenvalue weighted by molar-refractivity contribution is 0.391. The number of sulfonamides is 1. The predicted octanol–water partition coefficient (Wildman–Crippen LogP) is 3.27. The first-order valence-corrected chi connectivity index (χ1v) is 13.3. The van der Waals surface area contributed by atoms with Gasteiger partial charge in [-0.3, -0.25) is 9.29 Å². The molecule has 0 unspecified atom stereocenters. The first-order chi connectivity index (χ1) is 17.3. The summed E-state index contributed by atoms with van der Waals surface area (Å²) in [5, 5.41) is 9.88. The lowest BCUT2D eigenvalue weighted by Gasteiger charge is -2.18. The van der Waals surface area contributed by atoms with E-state index in [0.29, 0.717) is 28.0 Å². The van der Waals surface area contributed by atoms with Crippen molar-refractivity contribution in [3.63, 3.8) is 0 Å². The highest BCUT2D eigenvalue weighted by atomic mass is 32.2. The van der Waals surface area contributed by atoms with Crippen molar-refractivity contribution in [2.45, 2.75) is 31.9 Å². The Hall–Kier alpha value is -3.65. The predicted molar refractivity (Wildman–Crippen MR) is 133 cm³/mol. The number of benzene rings is 1. The Morgan fingerprint density at radius 2 is 1.81 bits per heavy atom. The first kappa shape index (κ1) is 25.4. The van der Waals surface area contributed by atoms with Crippen LogP contribution in [0.25, 0.3) is 16.5 Å². The summed E-state index contributed by atoms with van der Waals surface area (Å²) in [4.78, 5) is 12.3. The lowest BCUT2D eigenvalue weighted by Crippen LogP contribution is -2.29. The van der Waals surface area contributed by atoms with Gasteiger partial charge < -0.3 is 9.47 Å². The number of rotatable bonds is 10. The second kappa shape index (κ2) is 10.5. The normalized spacial score (nSPS) is 12.4. The Morgan fingerprint density at radius 1 is 1.14 bits per heavy atom.